The van der Waals surface area contributed by atoms with E-state index in [1.165, 1.54) is 30.1 Å². The molecule has 2 N–H and O–H groups in total. The molecule has 130 valence electrons. The van der Waals surface area contributed by atoms with Crippen LogP contribution >= 0.6 is 11.6 Å². The third kappa shape index (κ3) is 3.37. The fraction of sp³-hybridized carbons (Fsp3) is 0.125. The van der Waals surface area contributed by atoms with Crippen LogP contribution in [0, 0.1) is 6.92 Å². The zero-order valence-corrected chi connectivity index (χ0v) is 15.0. The van der Waals surface area contributed by atoms with Crippen LogP contribution in [0.25, 0.3) is 16.9 Å². The molecule has 0 aliphatic rings. The second-order valence-corrected chi connectivity index (χ2v) is 7.28. The number of benzene rings is 1. The lowest BCUT2D eigenvalue weighted by Gasteiger charge is -2.08. The van der Waals surface area contributed by atoms with Gasteiger partial charge in [-0.15, -0.1) is 0 Å². The average Bonchev–Trinajstić information content (AvgIpc) is 2.91. The maximum absolute atomic E-state index is 11.4. The number of nitrogens with two attached hydrogens (primary N) is 1. The van der Waals surface area contributed by atoms with Crippen molar-refractivity contribution >= 4 is 21.6 Å². The molecule has 0 bridgehead atoms. The molecule has 2 heterocycles. The summed E-state index contributed by atoms with van der Waals surface area (Å²) < 4.78 is 29.7. The van der Waals surface area contributed by atoms with Gasteiger partial charge in [0.1, 0.15) is 4.90 Å². The van der Waals surface area contributed by atoms with E-state index in [2.05, 4.69) is 10.1 Å². The van der Waals surface area contributed by atoms with Gasteiger partial charge in [-0.3, -0.25) is 0 Å². The van der Waals surface area contributed by atoms with Crippen LogP contribution in [0.15, 0.2) is 47.5 Å². The lowest BCUT2D eigenvalue weighted by Crippen LogP contribution is -2.13. The number of ether oxygens (including phenoxy) is 1. The number of aromatic nitrogens is 3. The smallest absolute Gasteiger partial charge is 0.239 e. The number of halogens is 1. The summed E-state index contributed by atoms with van der Waals surface area (Å²) in [5.74, 6) is 0.892. The molecule has 1 aromatic carbocycles. The molecule has 0 atom stereocenters. The Balaban J connectivity index is 2.12. The minimum atomic E-state index is -3.80. The summed E-state index contributed by atoms with van der Waals surface area (Å²) in [5, 5.41) is 10.2. The van der Waals surface area contributed by atoms with Crippen molar-refractivity contribution in [3.8, 4) is 22.8 Å². The van der Waals surface area contributed by atoms with E-state index < -0.39 is 10.0 Å². The van der Waals surface area contributed by atoms with Crippen molar-refractivity contribution in [3.63, 3.8) is 0 Å². The van der Waals surface area contributed by atoms with Crippen molar-refractivity contribution in [1.82, 2.24) is 14.8 Å². The van der Waals surface area contributed by atoms with Crippen molar-refractivity contribution in [1.29, 1.82) is 0 Å². The number of sulfonamides is 1. The molecule has 0 radical (unpaired) electrons. The van der Waals surface area contributed by atoms with Gasteiger partial charge in [-0.25, -0.2) is 18.5 Å². The minimum absolute atomic E-state index is 0.0722. The van der Waals surface area contributed by atoms with E-state index in [0.717, 1.165) is 16.8 Å². The van der Waals surface area contributed by atoms with Gasteiger partial charge in [0.05, 0.1) is 18.4 Å². The number of methoxy groups -OCH3 is 1. The Morgan fingerprint density at radius 2 is 1.84 bits per heavy atom. The van der Waals surface area contributed by atoms with E-state index in [1.807, 2.05) is 19.1 Å². The van der Waals surface area contributed by atoms with Gasteiger partial charge in [-0.1, -0.05) is 23.7 Å². The highest BCUT2D eigenvalue weighted by Gasteiger charge is 2.20. The first kappa shape index (κ1) is 17.4. The Kier molecular flexibility index (Phi) is 4.51. The van der Waals surface area contributed by atoms with E-state index in [1.54, 1.807) is 12.1 Å². The van der Waals surface area contributed by atoms with Crippen molar-refractivity contribution in [2.24, 2.45) is 5.14 Å². The monoisotopic (exact) mass is 378 g/mol. The Morgan fingerprint density at radius 3 is 2.36 bits per heavy atom. The van der Waals surface area contributed by atoms with Gasteiger partial charge in [0.25, 0.3) is 0 Å². The number of hydrogen-bond acceptors (Lipinski definition) is 5. The van der Waals surface area contributed by atoms with E-state index in [4.69, 9.17) is 21.5 Å². The molecule has 0 amide bonds. The van der Waals surface area contributed by atoms with Crippen LogP contribution < -0.4 is 9.88 Å². The summed E-state index contributed by atoms with van der Waals surface area (Å²) in [7, 11) is -2.27. The standard InChI is InChI=1S/C16H15ClN4O3S/c1-10-15(11-3-5-12(17)6-4-11)16(24-2)21(20-10)14-8-7-13(9-19-14)25(18,22)23/h3-9H,1-2H3,(H2,18,22,23). The summed E-state index contributed by atoms with van der Waals surface area (Å²) in [6.45, 7) is 1.85. The predicted molar refractivity (Wildman–Crippen MR) is 94.5 cm³/mol. The Bertz CT molecular complexity index is 1010. The summed E-state index contributed by atoms with van der Waals surface area (Å²) in [6, 6.07) is 10.2. The van der Waals surface area contributed by atoms with Gasteiger partial charge in [-0.2, -0.15) is 9.78 Å². The van der Waals surface area contributed by atoms with Gasteiger partial charge in [0.15, 0.2) is 5.82 Å². The topological polar surface area (TPSA) is 100 Å². The maximum Gasteiger partial charge on any atom is 0.239 e. The van der Waals surface area contributed by atoms with Crippen LogP contribution in [-0.4, -0.2) is 30.3 Å². The highest BCUT2D eigenvalue weighted by molar-refractivity contribution is 7.89. The number of hydrogen-bond donors (Lipinski definition) is 1. The zero-order valence-electron chi connectivity index (χ0n) is 13.5. The molecule has 0 fully saturated rings. The summed E-state index contributed by atoms with van der Waals surface area (Å²) in [5.41, 5.74) is 2.43. The molecule has 3 aromatic rings. The fourth-order valence-electron chi connectivity index (χ4n) is 2.46. The second kappa shape index (κ2) is 6.47. The lowest BCUT2D eigenvalue weighted by molar-refractivity contribution is 0.384. The summed E-state index contributed by atoms with van der Waals surface area (Å²) in [6.07, 6.45) is 1.18. The quantitative estimate of drug-likeness (QED) is 0.751. The number of aryl methyl sites for hydroxylation is 1. The third-order valence-electron chi connectivity index (χ3n) is 3.61. The van der Waals surface area contributed by atoms with Crippen LogP contribution in [-0.2, 0) is 10.0 Å². The van der Waals surface area contributed by atoms with Crippen molar-refractivity contribution < 1.29 is 13.2 Å². The Morgan fingerprint density at radius 1 is 1.16 bits per heavy atom. The SMILES string of the molecule is COc1c(-c2ccc(Cl)cc2)c(C)nn1-c1ccc(S(N)(=O)=O)cn1. The molecular weight excluding hydrogens is 364 g/mol. The van der Waals surface area contributed by atoms with E-state index in [0.29, 0.717) is 16.7 Å². The van der Waals surface area contributed by atoms with Crippen LogP contribution in [0.1, 0.15) is 5.69 Å². The average molecular weight is 379 g/mol. The van der Waals surface area contributed by atoms with Crippen molar-refractivity contribution in [2.75, 3.05) is 7.11 Å². The van der Waals surface area contributed by atoms with Gasteiger partial charge in [0.2, 0.25) is 15.9 Å². The molecule has 2 aromatic heterocycles. The largest absolute Gasteiger partial charge is 0.480 e. The Hall–Kier alpha value is -2.42. The van der Waals surface area contributed by atoms with Gasteiger partial charge in [0, 0.05) is 11.2 Å². The lowest BCUT2D eigenvalue weighted by atomic mass is 10.1. The van der Waals surface area contributed by atoms with Crippen LogP contribution in [0.2, 0.25) is 5.02 Å². The first-order chi connectivity index (χ1) is 11.8. The normalized spacial score (nSPS) is 11.5. The molecule has 0 spiro atoms. The number of rotatable bonds is 4. The zero-order chi connectivity index (χ0) is 18.2. The number of primary sulfonamides is 1. The van der Waals surface area contributed by atoms with Crippen LogP contribution in [0.5, 0.6) is 5.88 Å². The predicted octanol–water partition coefficient (Wildman–Crippen LogP) is 2.55. The van der Waals surface area contributed by atoms with Crippen molar-refractivity contribution in [3.05, 3.63) is 53.3 Å². The summed E-state index contributed by atoms with van der Waals surface area (Å²) in [4.78, 5) is 4.05. The molecule has 0 unspecified atom stereocenters. The highest BCUT2D eigenvalue weighted by Crippen LogP contribution is 2.35. The highest BCUT2D eigenvalue weighted by atomic mass is 35.5. The Labute approximate surface area is 150 Å². The summed E-state index contributed by atoms with van der Waals surface area (Å²) >= 11 is 5.94. The second-order valence-electron chi connectivity index (χ2n) is 5.29. The molecule has 0 aliphatic heterocycles. The molecule has 25 heavy (non-hydrogen) atoms. The molecule has 0 saturated carbocycles. The van der Waals surface area contributed by atoms with Crippen molar-refractivity contribution in [2.45, 2.75) is 11.8 Å². The molecule has 3 rings (SSSR count). The molecular formula is C16H15ClN4O3S. The van der Waals surface area contributed by atoms with Crippen LogP contribution in [0.4, 0.5) is 0 Å². The fourth-order valence-corrected chi connectivity index (χ4v) is 3.05. The van der Waals surface area contributed by atoms with E-state index >= 15 is 0 Å². The molecule has 0 aliphatic carbocycles. The van der Waals surface area contributed by atoms with Gasteiger partial charge >= 0.3 is 0 Å². The van der Waals surface area contributed by atoms with Gasteiger partial charge < -0.3 is 4.74 Å². The van der Waals surface area contributed by atoms with Gasteiger partial charge in [-0.05, 0) is 36.8 Å². The van der Waals surface area contributed by atoms with Crippen LogP contribution in [0.3, 0.4) is 0 Å². The molecule has 7 nitrogen and oxygen atoms in total. The van der Waals surface area contributed by atoms with E-state index in [-0.39, 0.29) is 4.90 Å². The van der Waals surface area contributed by atoms with E-state index in [9.17, 15) is 8.42 Å². The number of nitrogens with zero attached hydrogens (tertiary/aromatic N) is 3. The minimum Gasteiger partial charge on any atom is -0.480 e. The molecule has 9 heteroatoms. The maximum atomic E-state index is 11.4. The molecule has 0 saturated heterocycles. The third-order valence-corrected chi connectivity index (χ3v) is 4.76. The number of pyridine rings is 1. The first-order valence-corrected chi connectivity index (χ1v) is 9.12. The first-order valence-electron chi connectivity index (χ1n) is 7.20.